The zero-order valence-corrected chi connectivity index (χ0v) is 10.2. The van der Waals surface area contributed by atoms with E-state index in [0.717, 1.165) is 25.4 Å². The predicted molar refractivity (Wildman–Crippen MR) is 65.7 cm³/mol. The maximum absolute atomic E-state index is 8.36. The Balaban J connectivity index is 1.96. The van der Waals surface area contributed by atoms with Crippen LogP contribution in [0.4, 0.5) is 0 Å². The van der Waals surface area contributed by atoms with E-state index in [2.05, 4.69) is 22.3 Å². The van der Waals surface area contributed by atoms with Crippen molar-refractivity contribution in [2.45, 2.75) is 26.2 Å². The van der Waals surface area contributed by atoms with E-state index < -0.39 is 0 Å². The Labute approximate surface area is 97.7 Å². The van der Waals surface area contributed by atoms with E-state index in [-0.39, 0.29) is 0 Å². The third kappa shape index (κ3) is 4.81. The van der Waals surface area contributed by atoms with Gasteiger partial charge < -0.3 is 21.2 Å². The van der Waals surface area contributed by atoms with Crippen molar-refractivity contribution in [2.75, 3.05) is 32.7 Å². The van der Waals surface area contributed by atoms with Crippen molar-refractivity contribution in [3.63, 3.8) is 0 Å². The summed E-state index contributed by atoms with van der Waals surface area (Å²) in [7, 11) is 0. The summed E-state index contributed by atoms with van der Waals surface area (Å²) in [5.41, 5.74) is 5.38. The lowest BCUT2D eigenvalue weighted by Gasteiger charge is -2.13. The molecule has 1 saturated heterocycles. The minimum atomic E-state index is 0.319. The number of likely N-dealkylation sites (tertiary alicyclic amines) is 1. The molecule has 1 aliphatic rings. The molecular formula is C11H24N4O. The molecule has 1 heterocycles. The number of nitrogens with one attached hydrogen (secondary N) is 1. The first kappa shape index (κ1) is 13.3. The summed E-state index contributed by atoms with van der Waals surface area (Å²) in [6.07, 6.45) is 2.90. The van der Waals surface area contributed by atoms with Crippen LogP contribution in [-0.4, -0.2) is 48.7 Å². The van der Waals surface area contributed by atoms with Crippen molar-refractivity contribution in [1.29, 1.82) is 0 Å². The molecule has 0 aliphatic carbocycles. The number of nitrogens with two attached hydrogens (primary N) is 1. The molecule has 0 radical (unpaired) electrons. The van der Waals surface area contributed by atoms with Gasteiger partial charge in [-0.3, -0.25) is 0 Å². The van der Waals surface area contributed by atoms with Crippen LogP contribution in [0.1, 0.15) is 26.2 Å². The Bertz CT molecular complexity index is 220. The van der Waals surface area contributed by atoms with E-state index in [1.54, 1.807) is 0 Å². The number of hydrogen-bond donors (Lipinski definition) is 3. The average molecular weight is 228 g/mol. The third-order valence-corrected chi connectivity index (χ3v) is 3.17. The highest BCUT2D eigenvalue weighted by atomic mass is 16.4. The zero-order valence-electron chi connectivity index (χ0n) is 10.2. The Morgan fingerprint density at radius 1 is 1.62 bits per heavy atom. The van der Waals surface area contributed by atoms with Crippen LogP contribution < -0.4 is 11.1 Å². The van der Waals surface area contributed by atoms with E-state index >= 15 is 0 Å². The van der Waals surface area contributed by atoms with Crippen molar-refractivity contribution in [3.05, 3.63) is 0 Å². The maximum atomic E-state index is 8.36. The van der Waals surface area contributed by atoms with Crippen LogP contribution in [0.5, 0.6) is 0 Å². The Kier molecular flexibility index (Phi) is 6.18. The molecule has 94 valence electrons. The molecule has 0 bridgehead atoms. The molecular weight excluding hydrogens is 204 g/mol. The number of rotatable bonds is 7. The van der Waals surface area contributed by atoms with Crippen molar-refractivity contribution in [1.82, 2.24) is 10.2 Å². The summed E-state index contributed by atoms with van der Waals surface area (Å²) in [4.78, 5) is 2.49. The van der Waals surface area contributed by atoms with Gasteiger partial charge in [0, 0.05) is 13.0 Å². The van der Waals surface area contributed by atoms with Crippen LogP contribution in [0.3, 0.4) is 0 Å². The van der Waals surface area contributed by atoms with E-state index in [1.807, 2.05) is 0 Å². The molecule has 0 amide bonds. The summed E-state index contributed by atoms with van der Waals surface area (Å²) in [6, 6.07) is 0. The second kappa shape index (κ2) is 7.46. The summed E-state index contributed by atoms with van der Waals surface area (Å²) in [6.45, 7) is 7.88. The molecule has 4 N–H and O–H groups in total. The third-order valence-electron chi connectivity index (χ3n) is 3.17. The molecule has 1 rings (SSSR count). The molecule has 0 aromatic heterocycles. The smallest absolute Gasteiger partial charge is 0.139 e. The lowest BCUT2D eigenvalue weighted by Crippen LogP contribution is -2.27. The van der Waals surface area contributed by atoms with Crippen molar-refractivity contribution in [3.8, 4) is 0 Å². The average Bonchev–Trinajstić information content (AvgIpc) is 2.76. The largest absolute Gasteiger partial charge is 0.409 e. The van der Waals surface area contributed by atoms with Crippen LogP contribution in [0.15, 0.2) is 5.16 Å². The monoisotopic (exact) mass is 228 g/mol. The first-order valence-corrected chi connectivity index (χ1v) is 6.15. The lowest BCUT2D eigenvalue weighted by molar-refractivity contribution is 0.316. The van der Waals surface area contributed by atoms with E-state index in [0.29, 0.717) is 12.3 Å². The van der Waals surface area contributed by atoms with Crippen molar-refractivity contribution < 1.29 is 5.21 Å². The summed E-state index contributed by atoms with van der Waals surface area (Å²) in [5.74, 6) is 1.11. The van der Waals surface area contributed by atoms with E-state index in [4.69, 9.17) is 10.9 Å². The van der Waals surface area contributed by atoms with Crippen LogP contribution in [-0.2, 0) is 0 Å². The summed E-state index contributed by atoms with van der Waals surface area (Å²) in [5, 5.41) is 14.7. The Hall–Kier alpha value is -0.810. The molecule has 1 unspecified atom stereocenters. The molecule has 16 heavy (non-hydrogen) atoms. The van der Waals surface area contributed by atoms with Crippen molar-refractivity contribution >= 4 is 5.84 Å². The molecule has 5 heteroatoms. The number of hydrogen-bond acceptors (Lipinski definition) is 4. The fraction of sp³-hybridized carbons (Fsp3) is 0.909. The van der Waals surface area contributed by atoms with Gasteiger partial charge in [-0.25, -0.2) is 0 Å². The van der Waals surface area contributed by atoms with Gasteiger partial charge in [0.25, 0.3) is 0 Å². The van der Waals surface area contributed by atoms with Gasteiger partial charge in [-0.1, -0.05) is 12.1 Å². The van der Waals surface area contributed by atoms with Gasteiger partial charge in [0.05, 0.1) is 0 Å². The molecule has 0 aromatic carbocycles. The van der Waals surface area contributed by atoms with Gasteiger partial charge in [0.1, 0.15) is 5.84 Å². The highest BCUT2D eigenvalue weighted by Gasteiger charge is 2.20. The number of oxime groups is 1. The molecule has 5 nitrogen and oxygen atoms in total. The first-order chi connectivity index (χ1) is 7.76. The SMILES string of the molecule is CCN1CCC(CNCCCC(N)=NO)C1. The second-order valence-corrected chi connectivity index (χ2v) is 4.45. The van der Waals surface area contributed by atoms with Gasteiger partial charge in [0.15, 0.2) is 0 Å². The normalized spacial score (nSPS) is 22.8. The summed E-state index contributed by atoms with van der Waals surface area (Å²) < 4.78 is 0. The molecule has 0 aromatic rings. The number of nitrogens with zero attached hydrogens (tertiary/aromatic N) is 2. The summed E-state index contributed by atoms with van der Waals surface area (Å²) >= 11 is 0. The standard InChI is InChI=1S/C11H24N4O/c1-2-15-7-5-10(9-15)8-13-6-3-4-11(12)14-16/h10,13,16H,2-9H2,1H3,(H2,12,14). The molecule has 0 spiro atoms. The van der Waals surface area contributed by atoms with Crippen molar-refractivity contribution in [2.24, 2.45) is 16.8 Å². The minimum Gasteiger partial charge on any atom is -0.409 e. The molecule has 1 atom stereocenters. The maximum Gasteiger partial charge on any atom is 0.139 e. The Morgan fingerprint density at radius 3 is 3.06 bits per heavy atom. The highest BCUT2D eigenvalue weighted by molar-refractivity contribution is 5.79. The van der Waals surface area contributed by atoms with Crippen LogP contribution in [0, 0.1) is 5.92 Å². The van der Waals surface area contributed by atoms with Crippen LogP contribution >= 0.6 is 0 Å². The zero-order chi connectivity index (χ0) is 11.8. The van der Waals surface area contributed by atoms with Gasteiger partial charge in [-0.2, -0.15) is 0 Å². The van der Waals surface area contributed by atoms with E-state index in [9.17, 15) is 0 Å². The fourth-order valence-electron chi connectivity index (χ4n) is 2.12. The van der Waals surface area contributed by atoms with Gasteiger partial charge >= 0.3 is 0 Å². The Morgan fingerprint density at radius 2 is 2.44 bits per heavy atom. The van der Waals surface area contributed by atoms with Crippen LogP contribution in [0.2, 0.25) is 0 Å². The molecule has 1 fully saturated rings. The van der Waals surface area contributed by atoms with Gasteiger partial charge in [-0.05, 0) is 44.9 Å². The van der Waals surface area contributed by atoms with E-state index in [1.165, 1.54) is 26.1 Å². The first-order valence-electron chi connectivity index (χ1n) is 6.15. The minimum absolute atomic E-state index is 0.319. The predicted octanol–water partition coefficient (Wildman–Crippen LogP) is 0.444. The van der Waals surface area contributed by atoms with Gasteiger partial charge in [0.2, 0.25) is 0 Å². The lowest BCUT2D eigenvalue weighted by atomic mass is 10.1. The van der Waals surface area contributed by atoms with Gasteiger partial charge in [-0.15, -0.1) is 0 Å². The second-order valence-electron chi connectivity index (χ2n) is 4.45. The number of amidine groups is 1. The quantitative estimate of drug-likeness (QED) is 0.194. The molecule has 0 saturated carbocycles. The highest BCUT2D eigenvalue weighted by Crippen LogP contribution is 2.14. The fourth-order valence-corrected chi connectivity index (χ4v) is 2.12. The topological polar surface area (TPSA) is 73.9 Å². The van der Waals surface area contributed by atoms with Crippen LogP contribution in [0.25, 0.3) is 0 Å². The molecule has 1 aliphatic heterocycles.